The largest absolute Gasteiger partial charge is 0.396 e. The van der Waals surface area contributed by atoms with Gasteiger partial charge in [0.2, 0.25) is 10.0 Å². The van der Waals surface area contributed by atoms with Gasteiger partial charge in [-0.2, -0.15) is 0 Å². The van der Waals surface area contributed by atoms with Gasteiger partial charge in [-0.15, -0.1) is 0 Å². The fraction of sp³-hybridized carbons (Fsp3) is 0.538. The number of anilines is 1. The lowest BCUT2D eigenvalue weighted by atomic mass is 10.2. The average molecular weight is 317 g/mol. The fourth-order valence-corrected chi connectivity index (χ4v) is 3.38. The van der Waals surface area contributed by atoms with Crippen molar-refractivity contribution in [1.82, 2.24) is 9.62 Å². The lowest BCUT2D eigenvalue weighted by molar-refractivity contribution is -0.0156. The van der Waals surface area contributed by atoms with Crippen LogP contribution in [0.3, 0.4) is 0 Å². The van der Waals surface area contributed by atoms with Crippen LogP contribution in [-0.2, 0) is 14.8 Å². The Morgan fingerprint density at radius 1 is 1.52 bits per heavy atom. The van der Waals surface area contributed by atoms with E-state index in [1.54, 1.807) is 0 Å². The zero-order valence-corrected chi connectivity index (χ0v) is 12.9. The van der Waals surface area contributed by atoms with Crippen LogP contribution in [0.5, 0.6) is 0 Å². The van der Waals surface area contributed by atoms with E-state index in [-0.39, 0.29) is 28.8 Å². The number of likely N-dealkylation sites (N-methyl/N-ethyl adjacent to an activating group) is 1. The highest BCUT2D eigenvalue weighted by Crippen LogP contribution is 2.20. The van der Waals surface area contributed by atoms with Gasteiger partial charge in [0.15, 0.2) is 0 Å². The van der Waals surface area contributed by atoms with Gasteiger partial charge in [0.05, 0.1) is 23.3 Å². The van der Waals surface area contributed by atoms with E-state index < -0.39 is 15.8 Å². The molecule has 21 heavy (non-hydrogen) atoms. The molecule has 3 N–H and O–H groups in total. The highest BCUT2D eigenvalue weighted by molar-refractivity contribution is 7.89. The second-order valence-electron chi connectivity index (χ2n) is 5.25. The van der Waals surface area contributed by atoms with Crippen molar-refractivity contribution in [2.75, 3.05) is 39.0 Å². The number of nitrogens with zero attached hydrogens (tertiary/aromatic N) is 1. The molecule has 0 spiro atoms. The third-order valence-corrected chi connectivity index (χ3v) is 4.81. The van der Waals surface area contributed by atoms with Gasteiger partial charge in [-0.1, -0.05) is 0 Å². The number of hydrogen-bond acceptors (Lipinski definition) is 5. The molecule has 118 valence electrons. The Morgan fingerprint density at radius 3 is 2.86 bits per heavy atom. The smallest absolute Gasteiger partial charge is 0.240 e. The monoisotopic (exact) mass is 317 g/mol. The van der Waals surface area contributed by atoms with Crippen LogP contribution in [0.4, 0.5) is 10.1 Å². The average Bonchev–Trinajstić information content (AvgIpc) is 2.42. The number of morpholine rings is 1. The van der Waals surface area contributed by atoms with Gasteiger partial charge >= 0.3 is 0 Å². The summed E-state index contributed by atoms with van der Waals surface area (Å²) in [6, 6.07) is 2.39. The molecule has 1 heterocycles. The van der Waals surface area contributed by atoms with Crippen molar-refractivity contribution in [2.24, 2.45) is 0 Å². The number of nitrogens with one attached hydrogen (secondary N) is 1. The Bertz CT molecular complexity index is 598. The van der Waals surface area contributed by atoms with Crippen LogP contribution in [-0.4, -0.2) is 52.7 Å². The standard InChI is InChI=1S/C13H20FN3O3S/c1-9-5-11(6-12(15)13(9)14)21(18,19)16-7-10-8-17(2)3-4-20-10/h5-6,10,16H,3-4,7-8,15H2,1-2H3. The van der Waals surface area contributed by atoms with Crippen molar-refractivity contribution in [3.05, 3.63) is 23.5 Å². The van der Waals surface area contributed by atoms with Crippen molar-refractivity contribution in [3.63, 3.8) is 0 Å². The zero-order chi connectivity index (χ0) is 15.6. The summed E-state index contributed by atoms with van der Waals surface area (Å²) in [4.78, 5) is 2.03. The number of hydrogen-bond donors (Lipinski definition) is 2. The van der Waals surface area contributed by atoms with Crippen LogP contribution in [0.25, 0.3) is 0 Å². The Kier molecular flexibility index (Phi) is 4.82. The first-order valence-electron chi connectivity index (χ1n) is 6.65. The maximum Gasteiger partial charge on any atom is 0.240 e. The molecule has 2 rings (SSSR count). The topological polar surface area (TPSA) is 84.7 Å². The molecule has 0 aromatic heterocycles. The summed E-state index contributed by atoms with van der Waals surface area (Å²) in [5.41, 5.74) is 5.50. The first-order chi connectivity index (χ1) is 9.79. The van der Waals surface area contributed by atoms with E-state index in [1.807, 2.05) is 7.05 Å². The van der Waals surface area contributed by atoms with E-state index in [9.17, 15) is 12.8 Å². The minimum atomic E-state index is -3.73. The zero-order valence-electron chi connectivity index (χ0n) is 12.1. The van der Waals surface area contributed by atoms with Crippen molar-refractivity contribution < 1.29 is 17.5 Å². The molecule has 1 aliphatic rings. The maximum atomic E-state index is 13.5. The predicted octanol–water partition coefficient (Wildman–Crippen LogP) is 0.325. The van der Waals surface area contributed by atoms with E-state index in [0.29, 0.717) is 13.2 Å². The number of halogens is 1. The maximum absolute atomic E-state index is 13.5. The van der Waals surface area contributed by atoms with Crippen LogP contribution in [0.15, 0.2) is 17.0 Å². The summed E-state index contributed by atoms with van der Waals surface area (Å²) in [7, 11) is -1.78. The molecule has 1 saturated heterocycles. The molecule has 1 aliphatic heterocycles. The van der Waals surface area contributed by atoms with Crippen molar-refractivity contribution in [3.8, 4) is 0 Å². The van der Waals surface area contributed by atoms with Gasteiger partial charge in [0.1, 0.15) is 5.82 Å². The fourth-order valence-electron chi connectivity index (χ4n) is 2.19. The minimum absolute atomic E-state index is 0.0388. The molecular weight excluding hydrogens is 297 g/mol. The first kappa shape index (κ1) is 16.2. The second-order valence-corrected chi connectivity index (χ2v) is 7.02. The third kappa shape index (κ3) is 3.91. The van der Waals surface area contributed by atoms with Gasteiger partial charge in [-0.25, -0.2) is 17.5 Å². The molecule has 1 fully saturated rings. The Labute approximate surface area is 124 Å². The third-order valence-electron chi connectivity index (χ3n) is 3.41. The summed E-state index contributed by atoms with van der Waals surface area (Å²) in [5.74, 6) is -0.591. The lowest BCUT2D eigenvalue weighted by Gasteiger charge is -2.30. The molecule has 0 radical (unpaired) electrons. The summed E-state index contributed by atoms with van der Waals surface area (Å²) in [6.07, 6.45) is -0.197. The lowest BCUT2D eigenvalue weighted by Crippen LogP contribution is -2.45. The van der Waals surface area contributed by atoms with Crippen LogP contribution in [0, 0.1) is 12.7 Å². The number of benzene rings is 1. The Balaban J connectivity index is 2.08. The molecule has 8 heteroatoms. The van der Waals surface area contributed by atoms with E-state index in [0.717, 1.165) is 12.6 Å². The molecule has 0 amide bonds. The summed E-state index contributed by atoms with van der Waals surface area (Å²) >= 11 is 0. The van der Waals surface area contributed by atoms with Crippen LogP contribution in [0.2, 0.25) is 0 Å². The minimum Gasteiger partial charge on any atom is -0.396 e. The van der Waals surface area contributed by atoms with E-state index in [2.05, 4.69) is 9.62 Å². The molecule has 0 saturated carbocycles. The summed E-state index contributed by atoms with van der Waals surface area (Å²) in [6.45, 7) is 3.71. The normalized spacial score (nSPS) is 20.6. The van der Waals surface area contributed by atoms with Crippen molar-refractivity contribution in [2.45, 2.75) is 17.9 Å². The Hall–Kier alpha value is -1.22. The van der Waals surface area contributed by atoms with Crippen LogP contribution < -0.4 is 10.5 Å². The van der Waals surface area contributed by atoms with Crippen LogP contribution >= 0.6 is 0 Å². The van der Waals surface area contributed by atoms with Gasteiger partial charge in [0, 0.05) is 19.6 Å². The first-order valence-corrected chi connectivity index (χ1v) is 8.13. The summed E-state index contributed by atoms with van der Waals surface area (Å²) < 4.78 is 45.9. The van der Waals surface area contributed by atoms with Crippen molar-refractivity contribution in [1.29, 1.82) is 0 Å². The molecular formula is C13H20FN3O3S. The Morgan fingerprint density at radius 2 is 2.24 bits per heavy atom. The SMILES string of the molecule is Cc1cc(S(=O)(=O)NCC2CN(C)CCO2)cc(N)c1F. The molecule has 1 aromatic carbocycles. The van der Waals surface area contributed by atoms with Gasteiger partial charge in [-0.05, 0) is 31.7 Å². The number of rotatable bonds is 4. The highest BCUT2D eigenvalue weighted by atomic mass is 32.2. The van der Waals surface area contributed by atoms with Gasteiger partial charge < -0.3 is 15.4 Å². The summed E-state index contributed by atoms with van der Waals surface area (Å²) in [5, 5.41) is 0. The molecule has 0 bridgehead atoms. The van der Waals surface area contributed by atoms with Crippen LogP contribution in [0.1, 0.15) is 5.56 Å². The number of nitrogen functional groups attached to an aromatic ring is 1. The van der Waals surface area contributed by atoms with Crippen molar-refractivity contribution >= 4 is 15.7 Å². The molecule has 6 nitrogen and oxygen atoms in total. The highest BCUT2D eigenvalue weighted by Gasteiger charge is 2.22. The quantitative estimate of drug-likeness (QED) is 0.782. The van der Waals surface area contributed by atoms with E-state index in [1.165, 1.54) is 13.0 Å². The van der Waals surface area contributed by atoms with Gasteiger partial charge in [0.25, 0.3) is 0 Å². The molecule has 1 aromatic rings. The second kappa shape index (κ2) is 6.27. The molecule has 1 atom stereocenters. The van der Waals surface area contributed by atoms with E-state index in [4.69, 9.17) is 10.5 Å². The van der Waals surface area contributed by atoms with Gasteiger partial charge in [-0.3, -0.25) is 0 Å². The molecule has 1 unspecified atom stereocenters. The number of ether oxygens (including phenoxy) is 1. The number of aryl methyl sites for hydroxylation is 1. The van der Waals surface area contributed by atoms with E-state index >= 15 is 0 Å². The number of sulfonamides is 1. The number of nitrogens with two attached hydrogens (primary N) is 1. The predicted molar refractivity (Wildman–Crippen MR) is 78.0 cm³/mol. The molecule has 0 aliphatic carbocycles.